The number of hydrogen-bond donors (Lipinski definition) is 1. The minimum atomic E-state index is -0.987. The highest BCUT2D eigenvalue weighted by molar-refractivity contribution is 9.10. The van der Waals surface area contributed by atoms with Crippen LogP contribution in [-0.2, 0) is 25.5 Å². The van der Waals surface area contributed by atoms with Gasteiger partial charge in [0.2, 0.25) is 5.91 Å². The van der Waals surface area contributed by atoms with E-state index in [9.17, 15) is 23.2 Å². The van der Waals surface area contributed by atoms with Crippen LogP contribution >= 0.6 is 15.9 Å². The van der Waals surface area contributed by atoms with Crippen LogP contribution in [-0.4, -0.2) is 54.8 Å². The van der Waals surface area contributed by atoms with Crippen molar-refractivity contribution < 1.29 is 37.2 Å². The lowest BCUT2D eigenvalue weighted by Crippen LogP contribution is -2.41. The molecule has 9 nitrogen and oxygen atoms in total. The van der Waals surface area contributed by atoms with E-state index >= 15 is 0 Å². The number of carbonyl (C=O) groups excluding carboxylic acids is 3. The molecule has 0 fully saturated rings. The molecule has 1 aromatic heterocycles. The monoisotopic (exact) mass is 607 g/mol. The number of nitrogens with one attached hydrogen (secondary N) is 1. The number of rotatable bonds is 12. The van der Waals surface area contributed by atoms with Gasteiger partial charge in [0.05, 0.1) is 13.2 Å². The Bertz CT molecular complexity index is 1280. The van der Waals surface area contributed by atoms with Crippen molar-refractivity contribution in [3.63, 3.8) is 0 Å². The summed E-state index contributed by atoms with van der Waals surface area (Å²) in [5, 5.41) is 6.30. The molecular formula is C27H28BrF2N3O6. The Morgan fingerprint density at radius 2 is 1.87 bits per heavy atom. The summed E-state index contributed by atoms with van der Waals surface area (Å²) >= 11 is 3.36. The number of anilines is 1. The van der Waals surface area contributed by atoms with Gasteiger partial charge in [-0.05, 0) is 43.0 Å². The summed E-state index contributed by atoms with van der Waals surface area (Å²) in [5.74, 6) is -2.15. The number of amides is 2. The number of nitrogens with zero attached hydrogens (tertiary/aromatic N) is 2. The highest BCUT2D eigenvalue weighted by atomic mass is 79.9. The summed E-state index contributed by atoms with van der Waals surface area (Å²) in [5.41, 5.74) is 0.848. The van der Waals surface area contributed by atoms with Gasteiger partial charge in [0, 0.05) is 36.0 Å². The predicted octanol–water partition coefficient (Wildman–Crippen LogP) is 5.73. The molecule has 0 bridgehead atoms. The molecule has 1 N–H and O–H groups in total. The SMILES string of the molecule is COC(=O)CCC[C@@H](COC(=O)Nc1cc(-c2ccc(Br)cc2)on1)N(C)C(=O)CCc1cccc(F)c1F. The Kier molecular flexibility index (Phi) is 11.0. The third kappa shape index (κ3) is 8.88. The Hall–Kier alpha value is -3.80. The maximum atomic E-state index is 14.0. The quantitative estimate of drug-likeness (QED) is 0.262. The zero-order chi connectivity index (χ0) is 28.4. The second-order valence-electron chi connectivity index (χ2n) is 8.65. The van der Waals surface area contributed by atoms with Crippen LogP contribution < -0.4 is 5.32 Å². The molecule has 3 rings (SSSR count). The van der Waals surface area contributed by atoms with E-state index in [0.717, 1.165) is 16.1 Å². The molecule has 0 saturated heterocycles. The highest BCUT2D eigenvalue weighted by Crippen LogP contribution is 2.24. The van der Waals surface area contributed by atoms with Crippen LogP contribution in [0.3, 0.4) is 0 Å². The molecule has 39 heavy (non-hydrogen) atoms. The van der Waals surface area contributed by atoms with Gasteiger partial charge in [-0.15, -0.1) is 0 Å². The number of benzene rings is 2. The number of carbonyl (C=O) groups is 3. The average molecular weight is 608 g/mol. The van der Waals surface area contributed by atoms with Crippen molar-refractivity contribution >= 4 is 39.7 Å². The molecule has 208 valence electrons. The first-order valence-corrected chi connectivity index (χ1v) is 12.9. The standard InChI is InChI=1S/C27H28BrF2N3O6/c1-33(24(34)14-11-18-5-3-7-21(29)26(18)30)20(6-4-8-25(35)37-2)16-38-27(36)31-23-15-22(39-32-23)17-9-12-19(28)13-10-17/h3,5,7,9-10,12-13,15,20H,4,6,8,11,14,16H2,1-2H3,(H,31,32,36)/t20-/m0/s1. The molecule has 0 unspecified atom stereocenters. The van der Waals surface area contributed by atoms with Crippen molar-refractivity contribution in [3.8, 4) is 11.3 Å². The van der Waals surface area contributed by atoms with E-state index in [4.69, 9.17) is 9.26 Å². The van der Waals surface area contributed by atoms with Gasteiger partial charge in [-0.25, -0.2) is 13.6 Å². The lowest BCUT2D eigenvalue weighted by Gasteiger charge is -2.28. The van der Waals surface area contributed by atoms with Gasteiger partial charge >= 0.3 is 12.1 Å². The Morgan fingerprint density at radius 3 is 2.59 bits per heavy atom. The first-order valence-electron chi connectivity index (χ1n) is 12.1. The summed E-state index contributed by atoms with van der Waals surface area (Å²) in [7, 11) is 2.80. The van der Waals surface area contributed by atoms with Crippen LogP contribution in [0.1, 0.15) is 31.2 Å². The zero-order valence-electron chi connectivity index (χ0n) is 21.4. The number of methoxy groups -OCH3 is 1. The van der Waals surface area contributed by atoms with Crippen LogP contribution in [0, 0.1) is 11.6 Å². The highest BCUT2D eigenvalue weighted by Gasteiger charge is 2.23. The summed E-state index contributed by atoms with van der Waals surface area (Å²) in [6.45, 7) is -0.180. The third-order valence-corrected chi connectivity index (χ3v) is 6.53. The minimum Gasteiger partial charge on any atom is -0.469 e. The Balaban J connectivity index is 1.58. The van der Waals surface area contributed by atoms with Crippen LogP contribution in [0.25, 0.3) is 11.3 Å². The zero-order valence-corrected chi connectivity index (χ0v) is 23.0. The molecule has 0 aliphatic carbocycles. The smallest absolute Gasteiger partial charge is 0.412 e. The number of hydrogen-bond acceptors (Lipinski definition) is 7. The molecular weight excluding hydrogens is 580 g/mol. The van der Waals surface area contributed by atoms with Gasteiger partial charge in [-0.1, -0.05) is 45.4 Å². The van der Waals surface area contributed by atoms with Gasteiger partial charge in [0.25, 0.3) is 0 Å². The molecule has 2 amide bonds. The van der Waals surface area contributed by atoms with Crippen molar-refractivity contribution in [2.24, 2.45) is 0 Å². The molecule has 1 atom stereocenters. The Morgan fingerprint density at radius 1 is 1.13 bits per heavy atom. The first-order chi connectivity index (χ1) is 18.7. The largest absolute Gasteiger partial charge is 0.469 e. The normalized spacial score (nSPS) is 11.5. The van der Waals surface area contributed by atoms with E-state index in [1.807, 2.05) is 24.3 Å². The summed E-state index contributed by atoms with van der Waals surface area (Å²) < 4.78 is 43.6. The van der Waals surface area contributed by atoms with Gasteiger partial charge in [0.1, 0.15) is 6.61 Å². The first kappa shape index (κ1) is 29.8. The van der Waals surface area contributed by atoms with Gasteiger partial charge in [-0.3, -0.25) is 14.9 Å². The molecule has 0 aliphatic heterocycles. The molecule has 0 radical (unpaired) electrons. The van der Waals surface area contributed by atoms with Crippen molar-refractivity contribution in [1.29, 1.82) is 0 Å². The fraction of sp³-hybridized carbons (Fsp3) is 0.333. The topological polar surface area (TPSA) is 111 Å². The summed E-state index contributed by atoms with van der Waals surface area (Å²) in [6, 6.07) is 12.1. The van der Waals surface area contributed by atoms with Crippen molar-refractivity contribution in [2.75, 3.05) is 26.1 Å². The van der Waals surface area contributed by atoms with Crippen LogP contribution in [0.15, 0.2) is 57.5 Å². The summed E-state index contributed by atoms with van der Waals surface area (Å²) in [4.78, 5) is 38.2. The number of aromatic nitrogens is 1. The molecule has 12 heteroatoms. The van der Waals surface area contributed by atoms with E-state index in [1.54, 1.807) is 6.07 Å². The lowest BCUT2D eigenvalue weighted by molar-refractivity contribution is -0.140. The van der Waals surface area contributed by atoms with E-state index in [2.05, 4.69) is 31.1 Å². The molecule has 3 aromatic rings. The van der Waals surface area contributed by atoms with Gasteiger partial charge < -0.3 is 18.9 Å². The van der Waals surface area contributed by atoms with E-state index in [-0.39, 0.29) is 43.2 Å². The Labute approximate surface area is 232 Å². The van der Waals surface area contributed by atoms with Gasteiger partial charge in [0.15, 0.2) is 23.2 Å². The van der Waals surface area contributed by atoms with E-state index < -0.39 is 29.7 Å². The summed E-state index contributed by atoms with van der Waals surface area (Å²) in [6.07, 6.45) is -0.0848. The van der Waals surface area contributed by atoms with Gasteiger partial charge in [-0.2, -0.15) is 0 Å². The molecule has 1 heterocycles. The fourth-order valence-corrected chi connectivity index (χ4v) is 4.00. The van der Waals surface area contributed by atoms with Crippen molar-refractivity contribution in [3.05, 3.63) is 70.2 Å². The molecule has 2 aromatic carbocycles. The van der Waals surface area contributed by atoms with Crippen LogP contribution in [0.2, 0.25) is 0 Å². The molecule has 0 spiro atoms. The van der Waals surface area contributed by atoms with Crippen molar-refractivity contribution in [1.82, 2.24) is 10.1 Å². The molecule has 0 saturated carbocycles. The number of halogens is 3. The van der Waals surface area contributed by atoms with Crippen molar-refractivity contribution in [2.45, 2.75) is 38.1 Å². The lowest BCUT2D eigenvalue weighted by atomic mass is 10.1. The second-order valence-corrected chi connectivity index (χ2v) is 9.56. The fourth-order valence-electron chi connectivity index (χ4n) is 3.73. The van der Waals surface area contributed by atoms with E-state index in [0.29, 0.717) is 18.6 Å². The number of aryl methyl sites for hydroxylation is 1. The minimum absolute atomic E-state index is 0.00412. The van der Waals surface area contributed by atoms with E-state index in [1.165, 1.54) is 31.2 Å². The molecule has 0 aliphatic rings. The number of esters is 1. The van der Waals surface area contributed by atoms with Crippen LogP contribution in [0.5, 0.6) is 0 Å². The average Bonchev–Trinajstić information content (AvgIpc) is 3.39. The third-order valence-electron chi connectivity index (χ3n) is 6.00. The number of likely N-dealkylation sites (N-methyl/N-ethyl adjacent to an activating group) is 1. The maximum Gasteiger partial charge on any atom is 0.412 e. The number of ether oxygens (including phenoxy) is 2. The maximum absolute atomic E-state index is 14.0. The predicted molar refractivity (Wildman–Crippen MR) is 142 cm³/mol. The second kappa shape index (κ2) is 14.4. The van der Waals surface area contributed by atoms with Crippen LogP contribution in [0.4, 0.5) is 19.4 Å².